The van der Waals surface area contributed by atoms with Crippen LogP contribution in [0.15, 0.2) is 0 Å². The maximum Gasteiger partial charge on any atom is 0.319 e. The molecule has 94 valence electrons. The standard InChI is InChI=1S/C12H24N2O2/c1-3-8-14(10-12(15)16-2)9-11-6-4-5-7-13-11/h11,13H,3-10H2,1-2H3. The zero-order valence-corrected chi connectivity index (χ0v) is 10.5. The first-order chi connectivity index (χ1) is 7.76. The molecule has 1 rings (SSSR count). The van der Waals surface area contributed by atoms with Crippen LogP contribution in [0.3, 0.4) is 0 Å². The molecule has 1 saturated heterocycles. The van der Waals surface area contributed by atoms with Crippen molar-refractivity contribution in [3.05, 3.63) is 0 Å². The summed E-state index contributed by atoms with van der Waals surface area (Å²) < 4.78 is 4.72. The topological polar surface area (TPSA) is 41.6 Å². The summed E-state index contributed by atoms with van der Waals surface area (Å²) in [6, 6.07) is 0.546. The van der Waals surface area contributed by atoms with Crippen LogP contribution in [-0.2, 0) is 9.53 Å². The fraction of sp³-hybridized carbons (Fsp3) is 0.917. The van der Waals surface area contributed by atoms with Gasteiger partial charge in [-0.2, -0.15) is 0 Å². The highest BCUT2D eigenvalue weighted by molar-refractivity contribution is 5.71. The fourth-order valence-corrected chi connectivity index (χ4v) is 2.19. The summed E-state index contributed by atoms with van der Waals surface area (Å²) in [5.41, 5.74) is 0. The third kappa shape index (κ3) is 4.94. The van der Waals surface area contributed by atoms with E-state index in [1.54, 1.807) is 0 Å². The molecule has 1 aliphatic rings. The molecule has 0 aromatic rings. The van der Waals surface area contributed by atoms with E-state index >= 15 is 0 Å². The molecule has 1 heterocycles. The molecule has 1 N–H and O–H groups in total. The molecule has 0 aliphatic carbocycles. The molecule has 0 spiro atoms. The summed E-state index contributed by atoms with van der Waals surface area (Å²) in [5.74, 6) is -0.135. The van der Waals surface area contributed by atoms with Gasteiger partial charge in [0.05, 0.1) is 13.7 Å². The first-order valence-electron chi connectivity index (χ1n) is 6.28. The molecule has 16 heavy (non-hydrogen) atoms. The van der Waals surface area contributed by atoms with Gasteiger partial charge in [0.15, 0.2) is 0 Å². The lowest BCUT2D eigenvalue weighted by Gasteiger charge is -2.29. The van der Waals surface area contributed by atoms with Crippen molar-refractivity contribution in [2.24, 2.45) is 0 Å². The summed E-state index contributed by atoms with van der Waals surface area (Å²) >= 11 is 0. The van der Waals surface area contributed by atoms with Gasteiger partial charge < -0.3 is 10.1 Å². The van der Waals surface area contributed by atoms with Crippen LogP contribution in [0.5, 0.6) is 0 Å². The van der Waals surface area contributed by atoms with Crippen molar-refractivity contribution in [2.45, 2.75) is 38.6 Å². The van der Waals surface area contributed by atoms with Crippen molar-refractivity contribution < 1.29 is 9.53 Å². The molecule has 0 radical (unpaired) electrons. The molecular weight excluding hydrogens is 204 g/mol. The zero-order valence-electron chi connectivity index (χ0n) is 10.5. The van der Waals surface area contributed by atoms with Gasteiger partial charge in [-0.05, 0) is 32.4 Å². The number of ether oxygens (including phenoxy) is 1. The van der Waals surface area contributed by atoms with Gasteiger partial charge in [-0.25, -0.2) is 0 Å². The molecule has 1 aliphatic heterocycles. The van der Waals surface area contributed by atoms with E-state index in [1.807, 2.05) is 0 Å². The number of piperidine rings is 1. The summed E-state index contributed by atoms with van der Waals surface area (Å²) in [6.45, 7) is 5.60. The van der Waals surface area contributed by atoms with Gasteiger partial charge in [-0.3, -0.25) is 9.69 Å². The Bertz CT molecular complexity index is 203. The monoisotopic (exact) mass is 228 g/mol. The predicted molar refractivity (Wildman–Crippen MR) is 64.4 cm³/mol. The Morgan fingerprint density at radius 2 is 2.31 bits per heavy atom. The van der Waals surface area contributed by atoms with Crippen molar-refractivity contribution in [1.29, 1.82) is 0 Å². The Labute approximate surface area is 98.3 Å². The van der Waals surface area contributed by atoms with E-state index in [2.05, 4.69) is 17.1 Å². The minimum absolute atomic E-state index is 0.135. The highest BCUT2D eigenvalue weighted by atomic mass is 16.5. The number of nitrogens with zero attached hydrogens (tertiary/aromatic N) is 1. The van der Waals surface area contributed by atoms with Crippen LogP contribution in [0.4, 0.5) is 0 Å². The van der Waals surface area contributed by atoms with Crippen molar-refractivity contribution in [3.8, 4) is 0 Å². The number of methoxy groups -OCH3 is 1. The molecule has 4 nitrogen and oxygen atoms in total. The van der Waals surface area contributed by atoms with Crippen LogP contribution in [0.25, 0.3) is 0 Å². The van der Waals surface area contributed by atoms with E-state index in [0.717, 1.165) is 26.1 Å². The minimum Gasteiger partial charge on any atom is -0.468 e. The van der Waals surface area contributed by atoms with Crippen molar-refractivity contribution in [3.63, 3.8) is 0 Å². The Kier molecular flexibility index (Phi) is 6.42. The largest absolute Gasteiger partial charge is 0.468 e. The van der Waals surface area contributed by atoms with Gasteiger partial charge >= 0.3 is 5.97 Å². The second-order valence-corrected chi connectivity index (χ2v) is 4.46. The van der Waals surface area contributed by atoms with Crippen molar-refractivity contribution >= 4 is 5.97 Å². The Hall–Kier alpha value is -0.610. The molecule has 0 aromatic heterocycles. The summed E-state index contributed by atoms with van der Waals surface area (Å²) in [4.78, 5) is 13.4. The van der Waals surface area contributed by atoms with Gasteiger partial charge in [0, 0.05) is 12.6 Å². The molecule has 4 heteroatoms. The molecule has 0 aromatic carbocycles. The lowest BCUT2D eigenvalue weighted by Crippen LogP contribution is -2.45. The molecule has 1 fully saturated rings. The average Bonchev–Trinajstić information content (AvgIpc) is 2.30. The van der Waals surface area contributed by atoms with Gasteiger partial charge in [-0.1, -0.05) is 13.3 Å². The fourth-order valence-electron chi connectivity index (χ4n) is 2.19. The first-order valence-corrected chi connectivity index (χ1v) is 6.28. The van der Waals surface area contributed by atoms with Crippen LogP contribution in [-0.4, -0.2) is 50.2 Å². The van der Waals surface area contributed by atoms with E-state index < -0.39 is 0 Å². The smallest absolute Gasteiger partial charge is 0.319 e. The number of hydrogen-bond acceptors (Lipinski definition) is 4. The lowest BCUT2D eigenvalue weighted by atomic mass is 10.0. The second-order valence-electron chi connectivity index (χ2n) is 4.46. The van der Waals surface area contributed by atoms with E-state index in [0.29, 0.717) is 12.6 Å². The van der Waals surface area contributed by atoms with E-state index in [9.17, 15) is 4.79 Å². The summed E-state index contributed by atoms with van der Waals surface area (Å²) in [5, 5.41) is 3.51. The number of hydrogen-bond donors (Lipinski definition) is 1. The predicted octanol–water partition coefficient (Wildman–Crippen LogP) is 1.01. The summed E-state index contributed by atoms with van der Waals surface area (Å²) in [7, 11) is 1.45. The highest BCUT2D eigenvalue weighted by Crippen LogP contribution is 2.08. The molecular formula is C12H24N2O2. The second kappa shape index (κ2) is 7.63. The maximum atomic E-state index is 11.3. The average molecular weight is 228 g/mol. The molecule has 0 saturated carbocycles. The maximum absolute atomic E-state index is 11.3. The molecule has 0 amide bonds. The third-order valence-electron chi connectivity index (χ3n) is 3.01. The zero-order chi connectivity index (χ0) is 11.8. The molecule has 1 unspecified atom stereocenters. The Morgan fingerprint density at radius 3 is 2.88 bits per heavy atom. The SMILES string of the molecule is CCCN(CC(=O)OC)CC1CCCCN1. The van der Waals surface area contributed by atoms with Gasteiger partial charge in [0.25, 0.3) is 0 Å². The first kappa shape index (κ1) is 13.5. The minimum atomic E-state index is -0.135. The third-order valence-corrected chi connectivity index (χ3v) is 3.01. The number of carbonyl (C=O) groups excluding carboxylic acids is 1. The normalized spacial score (nSPS) is 21.1. The number of nitrogens with one attached hydrogen (secondary N) is 1. The van der Waals surface area contributed by atoms with E-state index in [1.165, 1.54) is 26.4 Å². The number of rotatable bonds is 6. The summed E-state index contributed by atoms with van der Waals surface area (Å²) in [6.07, 6.45) is 4.88. The lowest BCUT2D eigenvalue weighted by molar-refractivity contribution is -0.142. The van der Waals surface area contributed by atoms with Crippen molar-refractivity contribution in [1.82, 2.24) is 10.2 Å². The van der Waals surface area contributed by atoms with Crippen LogP contribution in [0.1, 0.15) is 32.6 Å². The van der Waals surface area contributed by atoms with E-state index in [-0.39, 0.29) is 5.97 Å². The molecule has 0 bridgehead atoms. The van der Waals surface area contributed by atoms with Crippen LogP contribution in [0, 0.1) is 0 Å². The highest BCUT2D eigenvalue weighted by Gasteiger charge is 2.18. The van der Waals surface area contributed by atoms with Gasteiger partial charge in [-0.15, -0.1) is 0 Å². The Balaban J connectivity index is 2.33. The van der Waals surface area contributed by atoms with Gasteiger partial charge in [0.2, 0.25) is 0 Å². The van der Waals surface area contributed by atoms with Crippen LogP contribution < -0.4 is 5.32 Å². The van der Waals surface area contributed by atoms with E-state index in [4.69, 9.17) is 4.74 Å². The van der Waals surface area contributed by atoms with Crippen LogP contribution in [0.2, 0.25) is 0 Å². The van der Waals surface area contributed by atoms with Crippen LogP contribution >= 0.6 is 0 Å². The number of esters is 1. The number of carbonyl (C=O) groups is 1. The van der Waals surface area contributed by atoms with Crippen molar-refractivity contribution in [2.75, 3.05) is 33.3 Å². The van der Waals surface area contributed by atoms with Gasteiger partial charge in [0.1, 0.15) is 0 Å². The quantitative estimate of drug-likeness (QED) is 0.689. The Morgan fingerprint density at radius 1 is 1.50 bits per heavy atom. The molecule has 1 atom stereocenters.